The molecule has 0 aliphatic rings. The number of nitrogens with two attached hydrogens (primary N) is 1. The summed E-state index contributed by atoms with van der Waals surface area (Å²) in [6.07, 6.45) is 2.98. The van der Waals surface area contributed by atoms with Gasteiger partial charge in [-0.25, -0.2) is 18.1 Å². The maximum Gasteiger partial charge on any atom is 0.259 e. The lowest BCUT2D eigenvalue weighted by molar-refractivity contribution is 0.559. The van der Waals surface area contributed by atoms with Crippen LogP contribution in [0.25, 0.3) is 0 Å². The number of hydrogen-bond acceptors (Lipinski definition) is 4. The molecule has 7 heteroatoms. The molecule has 0 aliphatic carbocycles. The van der Waals surface area contributed by atoms with Crippen LogP contribution in [0.3, 0.4) is 0 Å². The number of rotatable bonds is 5. The van der Waals surface area contributed by atoms with Gasteiger partial charge in [0.25, 0.3) is 10.0 Å². The second-order valence-electron chi connectivity index (χ2n) is 3.30. The van der Waals surface area contributed by atoms with Gasteiger partial charge in [0, 0.05) is 25.3 Å². The van der Waals surface area contributed by atoms with E-state index < -0.39 is 10.0 Å². The third-order valence-corrected chi connectivity index (χ3v) is 3.43. The lowest BCUT2D eigenvalue weighted by Crippen LogP contribution is -2.37. The van der Waals surface area contributed by atoms with Crippen LogP contribution in [-0.4, -0.2) is 30.6 Å². The van der Waals surface area contributed by atoms with E-state index in [4.69, 9.17) is 5.73 Å². The molecule has 1 aromatic rings. The van der Waals surface area contributed by atoms with Crippen LogP contribution in [-0.2, 0) is 16.6 Å². The van der Waals surface area contributed by atoms with Gasteiger partial charge >= 0.3 is 0 Å². The minimum atomic E-state index is -3.52. The Kier molecular flexibility index (Phi) is 3.83. The van der Waals surface area contributed by atoms with Crippen LogP contribution in [0, 0.1) is 0 Å². The van der Waals surface area contributed by atoms with Crippen LogP contribution in [0.15, 0.2) is 17.6 Å². The summed E-state index contributed by atoms with van der Waals surface area (Å²) in [7, 11) is -3.52. The van der Waals surface area contributed by atoms with E-state index in [9.17, 15) is 8.42 Å². The molecule has 3 N–H and O–H groups in total. The Morgan fingerprint density at radius 3 is 2.80 bits per heavy atom. The highest BCUT2D eigenvalue weighted by atomic mass is 32.2. The van der Waals surface area contributed by atoms with Crippen molar-refractivity contribution in [3.63, 3.8) is 0 Å². The third-order valence-electron chi connectivity index (χ3n) is 1.96. The van der Waals surface area contributed by atoms with Crippen molar-refractivity contribution in [3.8, 4) is 0 Å². The van der Waals surface area contributed by atoms with E-state index in [0.717, 1.165) is 0 Å². The van der Waals surface area contributed by atoms with Crippen LogP contribution in [0.2, 0.25) is 0 Å². The van der Waals surface area contributed by atoms with Gasteiger partial charge in [-0.2, -0.15) is 0 Å². The zero-order valence-electron chi connectivity index (χ0n) is 8.84. The van der Waals surface area contributed by atoms with Crippen molar-refractivity contribution in [2.24, 2.45) is 5.73 Å². The molecule has 0 fully saturated rings. The predicted molar refractivity (Wildman–Crippen MR) is 56.7 cm³/mol. The predicted octanol–water partition coefficient (Wildman–Crippen LogP) is -0.471. The van der Waals surface area contributed by atoms with Crippen molar-refractivity contribution < 1.29 is 8.42 Å². The first-order valence-electron chi connectivity index (χ1n) is 4.73. The van der Waals surface area contributed by atoms with Crippen molar-refractivity contribution in [1.82, 2.24) is 14.3 Å². The molecule has 1 atom stereocenters. The summed E-state index contributed by atoms with van der Waals surface area (Å²) >= 11 is 0. The molecule has 0 radical (unpaired) electrons. The Morgan fingerprint density at radius 1 is 1.67 bits per heavy atom. The molecule has 1 rings (SSSR count). The summed E-state index contributed by atoms with van der Waals surface area (Å²) in [6, 6.07) is -0.290. The van der Waals surface area contributed by atoms with Crippen molar-refractivity contribution in [2.45, 2.75) is 31.5 Å². The molecule has 0 unspecified atom stereocenters. The third kappa shape index (κ3) is 3.01. The van der Waals surface area contributed by atoms with Crippen LogP contribution >= 0.6 is 0 Å². The number of nitrogens with one attached hydrogen (secondary N) is 1. The fraction of sp³-hybridized carbons (Fsp3) is 0.625. The maximum atomic E-state index is 11.7. The average molecular weight is 232 g/mol. The number of hydrogen-bond donors (Lipinski definition) is 2. The minimum absolute atomic E-state index is 0.0321. The molecule has 1 heterocycles. The smallest absolute Gasteiger partial charge is 0.259 e. The summed E-state index contributed by atoms with van der Waals surface area (Å²) in [5.41, 5.74) is 5.34. The molecule has 0 bridgehead atoms. The van der Waals surface area contributed by atoms with E-state index in [-0.39, 0.29) is 17.6 Å². The fourth-order valence-corrected chi connectivity index (χ4v) is 2.23. The van der Waals surface area contributed by atoms with E-state index in [1.807, 2.05) is 6.92 Å². The lowest BCUT2D eigenvalue weighted by atomic mass is 10.4. The summed E-state index contributed by atoms with van der Waals surface area (Å²) in [5, 5.41) is 0.0321. The number of aryl methyl sites for hydroxylation is 1. The Morgan fingerprint density at radius 2 is 2.33 bits per heavy atom. The lowest BCUT2D eigenvalue weighted by Gasteiger charge is -2.09. The summed E-state index contributed by atoms with van der Waals surface area (Å²) in [4.78, 5) is 3.82. The largest absolute Gasteiger partial charge is 0.336 e. The second-order valence-corrected chi connectivity index (χ2v) is 4.96. The number of aromatic nitrogens is 2. The molecule has 1 aromatic heterocycles. The maximum absolute atomic E-state index is 11.7. The van der Waals surface area contributed by atoms with Crippen molar-refractivity contribution in [2.75, 3.05) is 6.54 Å². The normalized spacial score (nSPS) is 14.1. The quantitative estimate of drug-likeness (QED) is 0.718. The molecule has 6 nitrogen and oxygen atoms in total. The molecule has 0 saturated carbocycles. The first-order valence-corrected chi connectivity index (χ1v) is 6.22. The van der Waals surface area contributed by atoms with Gasteiger partial charge in [-0.05, 0) is 13.8 Å². The standard InChI is InChI=1S/C8H16N4O2S/c1-3-12-5-8(10-6-12)15(13,14)11-7(2)4-9/h5-7,11H,3-4,9H2,1-2H3/t7-/m0/s1. The number of imidazole rings is 1. The zero-order valence-corrected chi connectivity index (χ0v) is 9.66. The van der Waals surface area contributed by atoms with E-state index in [1.165, 1.54) is 12.5 Å². The van der Waals surface area contributed by atoms with Crippen LogP contribution in [0.4, 0.5) is 0 Å². The highest BCUT2D eigenvalue weighted by molar-refractivity contribution is 7.89. The van der Waals surface area contributed by atoms with Gasteiger partial charge in [0.15, 0.2) is 5.03 Å². The van der Waals surface area contributed by atoms with E-state index in [1.54, 1.807) is 11.5 Å². The van der Waals surface area contributed by atoms with E-state index in [2.05, 4.69) is 9.71 Å². The second kappa shape index (κ2) is 4.73. The van der Waals surface area contributed by atoms with Gasteiger partial charge in [-0.1, -0.05) is 0 Å². The Bertz CT molecular complexity index is 412. The van der Waals surface area contributed by atoms with Gasteiger partial charge < -0.3 is 10.3 Å². The van der Waals surface area contributed by atoms with Gasteiger partial charge in [0.05, 0.1) is 6.33 Å². The Hall–Kier alpha value is -0.920. The van der Waals surface area contributed by atoms with E-state index >= 15 is 0 Å². The summed E-state index contributed by atoms with van der Waals surface area (Å²) < 4.78 is 27.5. The topological polar surface area (TPSA) is 90.0 Å². The average Bonchev–Trinajstić information content (AvgIpc) is 2.65. The van der Waals surface area contributed by atoms with Crippen molar-refractivity contribution >= 4 is 10.0 Å². The molecule has 15 heavy (non-hydrogen) atoms. The molecule has 0 amide bonds. The van der Waals surface area contributed by atoms with Gasteiger partial charge in [0.1, 0.15) is 0 Å². The Balaban J connectivity index is 2.86. The first kappa shape index (κ1) is 12.2. The van der Waals surface area contributed by atoms with Crippen LogP contribution in [0.1, 0.15) is 13.8 Å². The summed E-state index contributed by atoms with van der Waals surface area (Å²) in [5.74, 6) is 0. The molecular weight excluding hydrogens is 216 g/mol. The molecule has 0 saturated heterocycles. The monoisotopic (exact) mass is 232 g/mol. The van der Waals surface area contributed by atoms with Gasteiger partial charge in [-0.3, -0.25) is 0 Å². The molecular formula is C8H16N4O2S. The molecule has 86 valence electrons. The number of nitrogens with zero attached hydrogens (tertiary/aromatic N) is 2. The van der Waals surface area contributed by atoms with E-state index in [0.29, 0.717) is 6.54 Å². The highest BCUT2D eigenvalue weighted by Gasteiger charge is 2.18. The fourth-order valence-electron chi connectivity index (χ4n) is 1.02. The molecule has 0 aromatic carbocycles. The van der Waals surface area contributed by atoms with Gasteiger partial charge in [0.2, 0.25) is 0 Å². The van der Waals surface area contributed by atoms with Crippen LogP contribution < -0.4 is 10.5 Å². The first-order chi connectivity index (χ1) is 6.99. The molecule has 0 spiro atoms. The Labute approximate surface area is 89.5 Å². The minimum Gasteiger partial charge on any atom is -0.336 e. The van der Waals surface area contributed by atoms with Crippen molar-refractivity contribution in [1.29, 1.82) is 0 Å². The SMILES string of the molecule is CCn1cnc(S(=O)(=O)N[C@@H](C)CN)c1. The van der Waals surface area contributed by atoms with Crippen molar-refractivity contribution in [3.05, 3.63) is 12.5 Å². The zero-order chi connectivity index (χ0) is 11.5. The highest BCUT2D eigenvalue weighted by Crippen LogP contribution is 2.05. The summed E-state index contributed by atoms with van der Waals surface area (Å²) in [6.45, 7) is 4.56. The van der Waals surface area contributed by atoms with Gasteiger partial charge in [-0.15, -0.1) is 0 Å². The number of sulfonamides is 1. The molecule has 0 aliphatic heterocycles. The van der Waals surface area contributed by atoms with Crippen LogP contribution in [0.5, 0.6) is 0 Å².